The number of rotatable bonds is 32. The summed E-state index contributed by atoms with van der Waals surface area (Å²) in [4.78, 5) is 24.8. The van der Waals surface area contributed by atoms with Gasteiger partial charge in [0.05, 0.1) is 35.9 Å². The van der Waals surface area contributed by atoms with Gasteiger partial charge in [-0.2, -0.15) is 11.8 Å². The van der Waals surface area contributed by atoms with Gasteiger partial charge in [0.15, 0.2) is 0 Å². The summed E-state index contributed by atoms with van der Waals surface area (Å²) in [5, 5.41) is 0. The largest absolute Gasteiger partial charge is 0.391 e. The highest BCUT2D eigenvalue weighted by Gasteiger charge is 2.18. The van der Waals surface area contributed by atoms with E-state index in [4.69, 9.17) is 8.37 Å². The number of unbranched alkanes of at least 4 members (excludes halogenated alkanes) is 10. The summed E-state index contributed by atoms with van der Waals surface area (Å²) in [6.07, 6.45) is 24.6. The lowest BCUT2D eigenvalue weighted by atomic mass is 10.00. The van der Waals surface area contributed by atoms with E-state index >= 15 is 0 Å². The molecule has 0 aromatic carbocycles. The van der Waals surface area contributed by atoms with Crippen LogP contribution in [0.1, 0.15) is 170 Å². The highest BCUT2D eigenvalue weighted by molar-refractivity contribution is 7.99. The van der Waals surface area contributed by atoms with Crippen molar-refractivity contribution in [1.82, 2.24) is 0 Å². The first kappa shape index (κ1) is 43.0. The molecule has 7 heteroatoms. The van der Waals surface area contributed by atoms with Crippen molar-refractivity contribution in [3.63, 3.8) is 0 Å². The smallest absolute Gasteiger partial charge is 0.320 e. The van der Waals surface area contributed by atoms with Gasteiger partial charge in [-0.05, 0) is 61.9 Å². The van der Waals surface area contributed by atoms with Crippen molar-refractivity contribution in [3.05, 3.63) is 0 Å². The zero-order chi connectivity index (χ0) is 32.0. The Morgan fingerprint density at radius 2 is 0.884 bits per heavy atom. The van der Waals surface area contributed by atoms with Crippen LogP contribution in [-0.2, 0) is 18.0 Å². The molecule has 0 bridgehead atoms. The van der Waals surface area contributed by atoms with Gasteiger partial charge in [0.2, 0.25) is 0 Å². The van der Waals surface area contributed by atoms with Gasteiger partial charge in [-0.15, -0.1) is 0 Å². The summed E-state index contributed by atoms with van der Waals surface area (Å²) in [5.74, 6) is 5.00. The van der Waals surface area contributed by atoms with Gasteiger partial charge in [0.1, 0.15) is 0 Å². The van der Waals surface area contributed by atoms with E-state index in [1.807, 2.05) is 25.6 Å². The minimum atomic E-state index is -0.0673. The standard InChI is InChI=1S/C36H70O4S3/c1-7-11-13-15-17-19-25-33(9-3)29-42-39-35(37)31(5)23-21-27-41-28-22-24-32(6)36(38)40-43-30-34(10-4)26-20-18-16-14-12-8-2/h31-34H,7-30H2,1-6H3. The molecule has 0 rings (SSSR count). The zero-order valence-electron chi connectivity index (χ0n) is 29.1. The average molecular weight is 663 g/mol. The quantitative estimate of drug-likeness (QED) is 0.0525. The van der Waals surface area contributed by atoms with E-state index in [1.165, 1.54) is 114 Å². The number of carbonyl (C=O) groups excluding carboxylic acids is 2. The van der Waals surface area contributed by atoms with E-state index in [1.54, 1.807) is 0 Å². The molecule has 0 aromatic heterocycles. The van der Waals surface area contributed by atoms with Crippen LogP contribution >= 0.6 is 35.8 Å². The molecule has 0 fully saturated rings. The number of carbonyl (C=O) groups is 2. The van der Waals surface area contributed by atoms with E-state index in [2.05, 4.69) is 27.7 Å². The molecule has 4 unspecified atom stereocenters. The Morgan fingerprint density at radius 1 is 0.512 bits per heavy atom. The maximum absolute atomic E-state index is 12.4. The summed E-state index contributed by atoms with van der Waals surface area (Å²) in [5.41, 5.74) is 0. The third kappa shape index (κ3) is 26.9. The minimum absolute atomic E-state index is 0.0443. The lowest BCUT2D eigenvalue weighted by Gasteiger charge is -2.15. The molecule has 0 heterocycles. The van der Waals surface area contributed by atoms with Gasteiger partial charge in [-0.3, -0.25) is 9.59 Å². The fourth-order valence-corrected chi connectivity index (χ4v) is 7.93. The Bertz CT molecular complexity index is 582. The van der Waals surface area contributed by atoms with Gasteiger partial charge in [-0.1, -0.05) is 131 Å². The van der Waals surface area contributed by atoms with Crippen LogP contribution in [0.5, 0.6) is 0 Å². The second kappa shape index (κ2) is 32.0. The zero-order valence-corrected chi connectivity index (χ0v) is 31.6. The topological polar surface area (TPSA) is 52.6 Å². The van der Waals surface area contributed by atoms with E-state index in [-0.39, 0.29) is 23.8 Å². The maximum Gasteiger partial charge on any atom is 0.320 e. The molecular weight excluding hydrogens is 593 g/mol. The summed E-state index contributed by atoms with van der Waals surface area (Å²) in [7, 11) is 0. The molecule has 0 amide bonds. The van der Waals surface area contributed by atoms with E-state index in [9.17, 15) is 9.59 Å². The summed E-state index contributed by atoms with van der Waals surface area (Å²) in [6.45, 7) is 13.0. The minimum Gasteiger partial charge on any atom is -0.391 e. The van der Waals surface area contributed by atoms with Gasteiger partial charge in [0.25, 0.3) is 0 Å². The predicted octanol–water partition coefficient (Wildman–Crippen LogP) is 12.5. The first-order chi connectivity index (χ1) is 20.9. The summed E-state index contributed by atoms with van der Waals surface area (Å²) >= 11 is 4.66. The monoisotopic (exact) mass is 662 g/mol. The molecule has 0 aliphatic carbocycles. The average Bonchev–Trinajstić information content (AvgIpc) is 3.01. The van der Waals surface area contributed by atoms with Crippen molar-refractivity contribution in [2.45, 2.75) is 170 Å². The van der Waals surface area contributed by atoms with Crippen molar-refractivity contribution in [1.29, 1.82) is 0 Å². The molecular formula is C36H70O4S3. The Morgan fingerprint density at radius 3 is 1.26 bits per heavy atom. The Labute approximate surface area is 281 Å². The van der Waals surface area contributed by atoms with Crippen LogP contribution in [0.3, 0.4) is 0 Å². The van der Waals surface area contributed by atoms with Crippen molar-refractivity contribution in [2.75, 3.05) is 23.0 Å². The molecule has 0 saturated heterocycles. The number of hydrogen-bond acceptors (Lipinski definition) is 7. The van der Waals surface area contributed by atoms with Crippen LogP contribution in [0.4, 0.5) is 0 Å². The van der Waals surface area contributed by atoms with Crippen LogP contribution in [0.2, 0.25) is 0 Å². The molecule has 0 N–H and O–H groups in total. The molecule has 4 nitrogen and oxygen atoms in total. The summed E-state index contributed by atoms with van der Waals surface area (Å²) < 4.78 is 11.1. The normalized spacial score (nSPS) is 14.3. The van der Waals surface area contributed by atoms with Crippen molar-refractivity contribution < 1.29 is 18.0 Å². The van der Waals surface area contributed by atoms with Crippen LogP contribution in [0.25, 0.3) is 0 Å². The lowest BCUT2D eigenvalue weighted by Crippen LogP contribution is -2.14. The molecule has 43 heavy (non-hydrogen) atoms. The van der Waals surface area contributed by atoms with Gasteiger partial charge in [0, 0.05) is 11.5 Å². The first-order valence-electron chi connectivity index (χ1n) is 18.1. The third-order valence-electron chi connectivity index (χ3n) is 8.63. The molecule has 0 radical (unpaired) electrons. The molecule has 0 aliphatic heterocycles. The molecule has 0 saturated carbocycles. The highest BCUT2D eigenvalue weighted by atomic mass is 32.2. The number of hydrogen-bond donors (Lipinski definition) is 0. The van der Waals surface area contributed by atoms with Crippen LogP contribution in [-0.4, -0.2) is 35.0 Å². The lowest BCUT2D eigenvalue weighted by molar-refractivity contribution is -0.138. The van der Waals surface area contributed by atoms with Crippen LogP contribution < -0.4 is 0 Å². The van der Waals surface area contributed by atoms with Crippen molar-refractivity contribution in [3.8, 4) is 0 Å². The second-order valence-electron chi connectivity index (χ2n) is 12.7. The van der Waals surface area contributed by atoms with Gasteiger partial charge in [-0.25, -0.2) is 0 Å². The van der Waals surface area contributed by atoms with Gasteiger partial charge >= 0.3 is 11.9 Å². The van der Waals surface area contributed by atoms with E-state index < -0.39 is 0 Å². The van der Waals surface area contributed by atoms with Crippen molar-refractivity contribution in [2.24, 2.45) is 23.7 Å². The maximum atomic E-state index is 12.4. The molecule has 256 valence electrons. The van der Waals surface area contributed by atoms with Crippen LogP contribution in [0, 0.1) is 23.7 Å². The number of thioether (sulfide) groups is 1. The SMILES string of the molecule is CCCCCCCCC(CC)CSOC(=O)C(C)CCCSCCCC(C)C(=O)OSCC(CC)CCCCCCCC. The predicted molar refractivity (Wildman–Crippen MR) is 195 cm³/mol. The Balaban J connectivity index is 3.80. The Hall–Kier alpha value is -0.0100. The molecule has 0 spiro atoms. The summed E-state index contributed by atoms with van der Waals surface area (Å²) in [6, 6.07) is 0. The molecule has 0 aliphatic rings. The fourth-order valence-electron chi connectivity index (χ4n) is 5.10. The second-order valence-corrected chi connectivity index (χ2v) is 15.4. The molecule has 4 atom stereocenters. The highest BCUT2D eigenvalue weighted by Crippen LogP contribution is 2.24. The Kier molecular flexibility index (Phi) is 31.9. The van der Waals surface area contributed by atoms with Gasteiger partial charge < -0.3 is 8.37 Å². The van der Waals surface area contributed by atoms with Crippen molar-refractivity contribution >= 4 is 47.8 Å². The van der Waals surface area contributed by atoms with Crippen LogP contribution in [0.15, 0.2) is 0 Å². The first-order valence-corrected chi connectivity index (χ1v) is 21.1. The van der Waals surface area contributed by atoms with E-state index in [0.29, 0.717) is 11.8 Å². The fraction of sp³-hybridized carbons (Fsp3) is 0.944. The molecule has 0 aromatic rings. The van der Waals surface area contributed by atoms with E-state index in [0.717, 1.165) is 61.5 Å². The third-order valence-corrected chi connectivity index (χ3v) is 11.6.